The van der Waals surface area contributed by atoms with Crippen molar-refractivity contribution in [2.45, 2.75) is 18.4 Å². The van der Waals surface area contributed by atoms with Crippen LogP contribution in [0.2, 0.25) is 0 Å². The summed E-state index contributed by atoms with van der Waals surface area (Å²) in [5.74, 6) is -0.117. The Morgan fingerprint density at radius 3 is 2.34 bits per heavy atom. The Bertz CT molecular complexity index is 1220. The van der Waals surface area contributed by atoms with Crippen molar-refractivity contribution < 1.29 is 13.5 Å². The third-order valence-electron chi connectivity index (χ3n) is 4.97. The number of rotatable bonds is 7. The lowest BCUT2D eigenvalue weighted by Gasteiger charge is -2.21. The van der Waals surface area contributed by atoms with E-state index in [0.29, 0.717) is 11.1 Å². The van der Waals surface area contributed by atoms with E-state index in [1.54, 1.807) is 12.1 Å². The molecule has 0 saturated heterocycles. The fourth-order valence-electron chi connectivity index (χ4n) is 3.60. The van der Waals surface area contributed by atoms with E-state index in [1.807, 2.05) is 72.9 Å². The molecule has 0 amide bonds. The van der Waals surface area contributed by atoms with Crippen molar-refractivity contribution in [1.29, 1.82) is 0 Å². The van der Waals surface area contributed by atoms with E-state index in [2.05, 4.69) is 9.71 Å². The SMILES string of the molecule is O=S(=O)(Cc1ccccc1)N[C@H](c1ccccc1CO)c1c[nH]c2ccccc12. The minimum absolute atomic E-state index is 0.117. The van der Waals surface area contributed by atoms with Crippen LogP contribution in [0.1, 0.15) is 28.3 Å². The summed E-state index contributed by atoms with van der Waals surface area (Å²) >= 11 is 0. The molecular formula is C23H22N2O3S. The number of H-pyrrole nitrogens is 1. The molecule has 1 atom stereocenters. The maximum Gasteiger partial charge on any atom is 0.216 e. The van der Waals surface area contributed by atoms with Gasteiger partial charge in [-0.25, -0.2) is 13.1 Å². The molecule has 0 spiro atoms. The van der Waals surface area contributed by atoms with Gasteiger partial charge >= 0.3 is 0 Å². The van der Waals surface area contributed by atoms with Gasteiger partial charge in [0.05, 0.1) is 18.4 Å². The fourth-order valence-corrected chi connectivity index (χ4v) is 4.93. The summed E-state index contributed by atoms with van der Waals surface area (Å²) in [4.78, 5) is 3.21. The Kier molecular flexibility index (Phi) is 5.49. The predicted molar refractivity (Wildman–Crippen MR) is 115 cm³/mol. The number of para-hydroxylation sites is 1. The zero-order valence-electron chi connectivity index (χ0n) is 15.7. The first-order valence-electron chi connectivity index (χ1n) is 9.36. The van der Waals surface area contributed by atoms with Crippen LogP contribution in [0.3, 0.4) is 0 Å². The van der Waals surface area contributed by atoms with Gasteiger partial charge in [-0.05, 0) is 28.3 Å². The summed E-state index contributed by atoms with van der Waals surface area (Å²) < 4.78 is 28.9. The minimum Gasteiger partial charge on any atom is -0.392 e. The highest BCUT2D eigenvalue weighted by Crippen LogP contribution is 2.31. The molecule has 3 aromatic carbocycles. The van der Waals surface area contributed by atoms with Crippen LogP contribution < -0.4 is 4.72 Å². The lowest BCUT2D eigenvalue weighted by molar-refractivity contribution is 0.280. The predicted octanol–water partition coefficient (Wildman–Crippen LogP) is 3.87. The van der Waals surface area contributed by atoms with Gasteiger partial charge in [0.1, 0.15) is 0 Å². The first-order valence-corrected chi connectivity index (χ1v) is 11.0. The first kappa shape index (κ1) is 19.4. The third kappa shape index (κ3) is 4.24. The van der Waals surface area contributed by atoms with Crippen molar-refractivity contribution in [3.63, 3.8) is 0 Å². The van der Waals surface area contributed by atoms with Crippen LogP contribution in [0.4, 0.5) is 0 Å². The molecule has 0 saturated carbocycles. The van der Waals surface area contributed by atoms with Crippen LogP contribution in [-0.4, -0.2) is 18.5 Å². The molecule has 0 aliphatic heterocycles. The van der Waals surface area contributed by atoms with Crippen LogP contribution >= 0.6 is 0 Å². The molecule has 3 N–H and O–H groups in total. The maximum atomic E-state index is 13.0. The van der Waals surface area contributed by atoms with Gasteiger partial charge in [-0.1, -0.05) is 72.8 Å². The Morgan fingerprint density at radius 1 is 0.862 bits per heavy atom. The molecule has 0 unspecified atom stereocenters. The van der Waals surface area contributed by atoms with Crippen LogP contribution in [0.5, 0.6) is 0 Å². The number of hydrogen-bond acceptors (Lipinski definition) is 3. The molecule has 1 aromatic heterocycles. The molecule has 4 aromatic rings. The molecule has 1 heterocycles. The number of benzene rings is 3. The van der Waals surface area contributed by atoms with E-state index >= 15 is 0 Å². The highest BCUT2D eigenvalue weighted by atomic mass is 32.2. The Labute approximate surface area is 170 Å². The third-order valence-corrected chi connectivity index (χ3v) is 6.27. The number of aromatic nitrogens is 1. The van der Waals surface area contributed by atoms with Crippen molar-refractivity contribution in [3.05, 3.63) is 107 Å². The number of nitrogens with one attached hydrogen (secondary N) is 2. The number of aliphatic hydroxyl groups excluding tert-OH is 1. The van der Waals surface area contributed by atoms with Gasteiger partial charge in [0.25, 0.3) is 0 Å². The van der Waals surface area contributed by atoms with Gasteiger partial charge < -0.3 is 10.1 Å². The second kappa shape index (κ2) is 8.21. The summed E-state index contributed by atoms with van der Waals surface area (Å²) in [5, 5.41) is 10.8. The fraction of sp³-hybridized carbons (Fsp3) is 0.130. The lowest BCUT2D eigenvalue weighted by Crippen LogP contribution is -2.31. The average Bonchev–Trinajstić information content (AvgIpc) is 3.16. The van der Waals surface area contributed by atoms with E-state index in [9.17, 15) is 13.5 Å². The Morgan fingerprint density at radius 2 is 1.55 bits per heavy atom. The van der Waals surface area contributed by atoms with E-state index in [4.69, 9.17) is 0 Å². The summed E-state index contributed by atoms with van der Waals surface area (Å²) in [7, 11) is -3.65. The van der Waals surface area contributed by atoms with Gasteiger partial charge in [0, 0.05) is 17.1 Å². The molecular weight excluding hydrogens is 384 g/mol. The van der Waals surface area contributed by atoms with E-state index in [0.717, 1.165) is 22.0 Å². The first-order chi connectivity index (χ1) is 14.1. The van der Waals surface area contributed by atoms with Crippen LogP contribution in [0.15, 0.2) is 85.1 Å². The number of aromatic amines is 1. The monoisotopic (exact) mass is 406 g/mol. The molecule has 6 heteroatoms. The number of hydrogen-bond donors (Lipinski definition) is 3. The molecule has 0 fully saturated rings. The highest BCUT2D eigenvalue weighted by Gasteiger charge is 2.25. The second-order valence-electron chi connectivity index (χ2n) is 6.94. The van der Waals surface area contributed by atoms with Gasteiger partial charge in [-0.2, -0.15) is 0 Å². The number of fused-ring (bicyclic) bond motifs is 1. The number of sulfonamides is 1. The number of aliphatic hydroxyl groups is 1. The van der Waals surface area contributed by atoms with Crippen LogP contribution in [0, 0.1) is 0 Å². The minimum atomic E-state index is -3.65. The van der Waals surface area contributed by atoms with Crippen LogP contribution in [-0.2, 0) is 22.4 Å². The normalized spacial score (nSPS) is 12.9. The molecule has 5 nitrogen and oxygen atoms in total. The van der Waals surface area contributed by atoms with E-state index in [1.165, 1.54) is 0 Å². The Balaban J connectivity index is 1.78. The van der Waals surface area contributed by atoms with Crippen LogP contribution in [0.25, 0.3) is 10.9 Å². The zero-order valence-corrected chi connectivity index (χ0v) is 16.6. The van der Waals surface area contributed by atoms with Gasteiger partial charge in [-0.15, -0.1) is 0 Å². The molecule has 0 aliphatic carbocycles. The van der Waals surface area contributed by atoms with Crippen molar-refractivity contribution in [2.24, 2.45) is 0 Å². The van der Waals surface area contributed by atoms with Gasteiger partial charge in [0.15, 0.2) is 0 Å². The molecule has 4 rings (SSSR count). The maximum absolute atomic E-state index is 13.0. The summed E-state index contributed by atoms with van der Waals surface area (Å²) in [6.07, 6.45) is 1.83. The lowest BCUT2D eigenvalue weighted by atomic mass is 9.95. The smallest absolute Gasteiger partial charge is 0.216 e. The highest BCUT2D eigenvalue weighted by molar-refractivity contribution is 7.88. The van der Waals surface area contributed by atoms with E-state index < -0.39 is 16.1 Å². The van der Waals surface area contributed by atoms with Gasteiger partial charge in [-0.3, -0.25) is 0 Å². The summed E-state index contributed by atoms with van der Waals surface area (Å²) in [5.41, 5.74) is 3.88. The van der Waals surface area contributed by atoms with Gasteiger partial charge in [0.2, 0.25) is 10.0 Å². The average molecular weight is 407 g/mol. The van der Waals surface area contributed by atoms with E-state index in [-0.39, 0.29) is 12.4 Å². The summed E-state index contributed by atoms with van der Waals surface area (Å²) in [6.45, 7) is -0.171. The zero-order chi connectivity index (χ0) is 20.3. The second-order valence-corrected chi connectivity index (χ2v) is 8.70. The molecule has 148 valence electrons. The Hall–Kier alpha value is -2.93. The quantitative estimate of drug-likeness (QED) is 0.436. The van der Waals surface area contributed by atoms with Crippen molar-refractivity contribution in [1.82, 2.24) is 9.71 Å². The summed E-state index contributed by atoms with van der Waals surface area (Å²) in [6, 6.07) is 23.6. The van der Waals surface area contributed by atoms with Crippen molar-refractivity contribution in [2.75, 3.05) is 0 Å². The topological polar surface area (TPSA) is 82.2 Å². The molecule has 0 bridgehead atoms. The van der Waals surface area contributed by atoms with Crippen molar-refractivity contribution >= 4 is 20.9 Å². The molecule has 29 heavy (non-hydrogen) atoms. The molecule has 0 radical (unpaired) electrons. The largest absolute Gasteiger partial charge is 0.392 e. The van der Waals surface area contributed by atoms with Crippen molar-refractivity contribution in [3.8, 4) is 0 Å². The molecule has 0 aliphatic rings. The standard InChI is InChI=1S/C23H22N2O3S/c26-15-18-10-4-5-11-19(18)23(21-14-24-22-13-7-6-12-20(21)22)25-29(27,28)16-17-8-2-1-3-9-17/h1-14,23-26H,15-16H2/t23-/m1/s1.